The first-order chi connectivity index (χ1) is 14.0. The van der Waals surface area contributed by atoms with E-state index in [-0.39, 0.29) is 18.4 Å². The number of hydrogen-bond acceptors (Lipinski definition) is 7. The number of aliphatic hydroxyl groups excluding tert-OH is 1. The van der Waals surface area contributed by atoms with Gasteiger partial charge in [0, 0.05) is 31.8 Å². The largest absolute Gasteiger partial charge is 0.481 e. The molecule has 9 heteroatoms. The molecule has 2 aromatic rings. The number of pyridine rings is 1. The SMILES string of the molecule is CC(C)CC(C(=O)O)C(Cc1ccc(N2CCCC(CO)C2)nc1)c1nn[nH]n1. The van der Waals surface area contributed by atoms with Gasteiger partial charge in [0.15, 0.2) is 5.82 Å². The molecule has 3 atom stereocenters. The third-order valence-electron chi connectivity index (χ3n) is 5.59. The fourth-order valence-corrected chi connectivity index (χ4v) is 4.09. The standard InChI is InChI=1S/C20H30N6O3/c1-13(2)8-17(20(28)29)16(19-22-24-25-23-19)9-14-5-6-18(21-10-14)26-7-3-4-15(11-26)12-27/h5-6,10,13,15-17,27H,3-4,7-9,11-12H2,1-2H3,(H,28,29)(H,22,23,24,25). The van der Waals surface area contributed by atoms with Crippen molar-refractivity contribution in [3.8, 4) is 0 Å². The first-order valence-corrected chi connectivity index (χ1v) is 10.2. The topological polar surface area (TPSA) is 128 Å². The van der Waals surface area contributed by atoms with Gasteiger partial charge in [-0.3, -0.25) is 4.79 Å². The molecule has 3 unspecified atom stereocenters. The van der Waals surface area contributed by atoms with Gasteiger partial charge >= 0.3 is 5.97 Å². The summed E-state index contributed by atoms with van der Waals surface area (Å²) in [5, 5.41) is 33.4. The normalized spacial score (nSPS) is 19.3. The van der Waals surface area contributed by atoms with Crippen molar-refractivity contribution in [1.29, 1.82) is 0 Å². The summed E-state index contributed by atoms with van der Waals surface area (Å²) in [5.41, 5.74) is 0.939. The number of aliphatic carboxylic acids is 1. The van der Waals surface area contributed by atoms with Crippen LogP contribution in [0.3, 0.4) is 0 Å². The molecule has 3 heterocycles. The van der Waals surface area contributed by atoms with Gasteiger partial charge in [-0.25, -0.2) is 4.98 Å². The van der Waals surface area contributed by atoms with Crippen LogP contribution in [0.15, 0.2) is 18.3 Å². The lowest BCUT2D eigenvalue weighted by Crippen LogP contribution is -2.37. The van der Waals surface area contributed by atoms with Crippen molar-refractivity contribution in [3.05, 3.63) is 29.7 Å². The van der Waals surface area contributed by atoms with Gasteiger partial charge in [0.05, 0.1) is 5.92 Å². The minimum absolute atomic E-state index is 0.202. The van der Waals surface area contributed by atoms with Crippen molar-refractivity contribution in [1.82, 2.24) is 25.6 Å². The smallest absolute Gasteiger partial charge is 0.307 e. The van der Waals surface area contributed by atoms with Gasteiger partial charge in [-0.1, -0.05) is 25.1 Å². The number of tetrazole rings is 1. The highest BCUT2D eigenvalue weighted by atomic mass is 16.4. The molecular formula is C20H30N6O3. The molecule has 0 radical (unpaired) electrons. The third kappa shape index (κ3) is 5.50. The van der Waals surface area contributed by atoms with Crippen LogP contribution < -0.4 is 4.90 Å². The molecule has 9 nitrogen and oxygen atoms in total. The van der Waals surface area contributed by atoms with Gasteiger partial charge in [-0.15, -0.1) is 10.2 Å². The second kappa shape index (κ2) is 9.78. The molecule has 1 saturated heterocycles. The molecule has 0 spiro atoms. The van der Waals surface area contributed by atoms with Gasteiger partial charge < -0.3 is 15.1 Å². The number of H-pyrrole nitrogens is 1. The van der Waals surface area contributed by atoms with E-state index in [1.807, 2.05) is 26.0 Å². The number of aliphatic hydroxyl groups is 1. The van der Waals surface area contributed by atoms with Crippen LogP contribution >= 0.6 is 0 Å². The van der Waals surface area contributed by atoms with E-state index >= 15 is 0 Å². The Bertz CT molecular complexity index is 765. The molecule has 0 saturated carbocycles. The lowest BCUT2D eigenvalue weighted by atomic mass is 9.81. The lowest BCUT2D eigenvalue weighted by molar-refractivity contribution is -0.143. The molecule has 0 amide bonds. The van der Waals surface area contributed by atoms with Crippen LogP contribution in [0.4, 0.5) is 5.82 Å². The summed E-state index contributed by atoms with van der Waals surface area (Å²) in [6.07, 6.45) is 4.92. The van der Waals surface area contributed by atoms with E-state index < -0.39 is 11.9 Å². The maximum atomic E-state index is 12.0. The summed E-state index contributed by atoms with van der Waals surface area (Å²) < 4.78 is 0. The molecule has 0 aromatic carbocycles. The van der Waals surface area contributed by atoms with E-state index in [4.69, 9.17) is 0 Å². The fraction of sp³-hybridized carbons (Fsp3) is 0.650. The molecule has 3 N–H and O–H groups in total. The number of hydrogen-bond donors (Lipinski definition) is 3. The van der Waals surface area contributed by atoms with Crippen LogP contribution in [-0.4, -0.2) is 61.5 Å². The highest BCUT2D eigenvalue weighted by molar-refractivity contribution is 5.71. The number of aromatic amines is 1. The summed E-state index contributed by atoms with van der Waals surface area (Å²) in [6, 6.07) is 3.97. The van der Waals surface area contributed by atoms with Gasteiger partial charge in [-0.05, 0) is 49.1 Å². The Morgan fingerprint density at radius 3 is 2.79 bits per heavy atom. The number of nitrogens with one attached hydrogen (secondary N) is 1. The summed E-state index contributed by atoms with van der Waals surface area (Å²) in [7, 11) is 0. The molecular weight excluding hydrogens is 372 g/mol. The molecule has 158 valence electrons. The zero-order chi connectivity index (χ0) is 20.8. The van der Waals surface area contributed by atoms with Crippen molar-refractivity contribution in [2.24, 2.45) is 17.8 Å². The van der Waals surface area contributed by atoms with E-state index in [0.29, 0.717) is 24.6 Å². The first-order valence-electron chi connectivity index (χ1n) is 10.2. The van der Waals surface area contributed by atoms with E-state index in [9.17, 15) is 15.0 Å². The number of carboxylic acid groups (broad SMARTS) is 1. The Labute approximate surface area is 170 Å². The van der Waals surface area contributed by atoms with Crippen LogP contribution in [0, 0.1) is 17.8 Å². The zero-order valence-electron chi connectivity index (χ0n) is 17.0. The van der Waals surface area contributed by atoms with Crippen LogP contribution in [0.5, 0.6) is 0 Å². The highest BCUT2D eigenvalue weighted by Crippen LogP contribution is 2.31. The molecule has 1 aliphatic rings. The molecule has 1 aliphatic heterocycles. The number of carbonyl (C=O) groups is 1. The van der Waals surface area contributed by atoms with Crippen molar-refractivity contribution < 1.29 is 15.0 Å². The molecule has 1 fully saturated rings. The Morgan fingerprint density at radius 2 is 2.21 bits per heavy atom. The van der Waals surface area contributed by atoms with E-state index in [0.717, 1.165) is 37.3 Å². The minimum atomic E-state index is -0.846. The average molecular weight is 402 g/mol. The third-order valence-corrected chi connectivity index (χ3v) is 5.59. The predicted octanol–water partition coefficient (Wildman–Crippen LogP) is 1.88. The minimum Gasteiger partial charge on any atom is -0.481 e. The van der Waals surface area contributed by atoms with Crippen molar-refractivity contribution in [2.75, 3.05) is 24.6 Å². The van der Waals surface area contributed by atoms with E-state index in [2.05, 4.69) is 30.5 Å². The number of rotatable bonds is 9. The first kappa shape index (κ1) is 21.2. The quantitative estimate of drug-likeness (QED) is 0.580. The van der Waals surface area contributed by atoms with Crippen LogP contribution in [0.1, 0.15) is 50.4 Å². The van der Waals surface area contributed by atoms with Gasteiger partial charge in [-0.2, -0.15) is 5.21 Å². The van der Waals surface area contributed by atoms with Crippen molar-refractivity contribution >= 4 is 11.8 Å². The van der Waals surface area contributed by atoms with Gasteiger partial charge in [0.1, 0.15) is 5.82 Å². The molecule has 3 rings (SSSR count). The van der Waals surface area contributed by atoms with Gasteiger partial charge in [0.25, 0.3) is 0 Å². The Kier molecular flexibility index (Phi) is 7.13. The monoisotopic (exact) mass is 402 g/mol. The van der Waals surface area contributed by atoms with E-state index in [1.165, 1.54) is 0 Å². The van der Waals surface area contributed by atoms with Crippen LogP contribution in [0.2, 0.25) is 0 Å². The Morgan fingerprint density at radius 1 is 1.38 bits per heavy atom. The molecule has 0 bridgehead atoms. The van der Waals surface area contributed by atoms with Crippen LogP contribution in [0.25, 0.3) is 0 Å². The van der Waals surface area contributed by atoms with Crippen molar-refractivity contribution in [2.45, 2.75) is 45.4 Å². The highest BCUT2D eigenvalue weighted by Gasteiger charge is 2.33. The Balaban J connectivity index is 1.76. The second-order valence-corrected chi connectivity index (χ2v) is 8.32. The van der Waals surface area contributed by atoms with E-state index in [1.54, 1.807) is 6.20 Å². The summed E-state index contributed by atoms with van der Waals surface area (Å²) in [5.74, 6) is 0.0184. The summed E-state index contributed by atoms with van der Waals surface area (Å²) >= 11 is 0. The number of piperidine rings is 1. The number of carboxylic acids is 1. The van der Waals surface area contributed by atoms with Gasteiger partial charge in [0.2, 0.25) is 0 Å². The maximum absolute atomic E-state index is 12.0. The average Bonchev–Trinajstić information content (AvgIpc) is 3.25. The number of anilines is 1. The molecule has 0 aliphatic carbocycles. The zero-order valence-corrected chi connectivity index (χ0v) is 17.0. The predicted molar refractivity (Wildman–Crippen MR) is 107 cm³/mol. The number of aromatic nitrogens is 5. The fourth-order valence-electron chi connectivity index (χ4n) is 4.09. The number of nitrogens with zero attached hydrogens (tertiary/aromatic N) is 5. The van der Waals surface area contributed by atoms with Crippen LogP contribution in [-0.2, 0) is 11.2 Å². The summed E-state index contributed by atoms with van der Waals surface area (Å²) in [6.45, 7) is 5.97. The Hall–Kier alpha value is -2.55. The maximum Gasteiger partial charge on any atom is 0.307 e. The second-order valence-electron chi connectivity index (χ2n) is 8.32. The van der Waals surface area contributed by atoms with Crippen molar-refractivity contribution in [3.63, 3.8) is 0 Å². The summed E-state index contributed by atoms with van der Waals surface area (Å²) in [4.78, 5) is 18.8. The lowest BCUT2D eigenvalue weighted by Gasteiger charge is -2.32. The molecule has 2 aromatic heterocycles. The molecule has 29 heavy (non-hydrogen) atoms.